The van der Waals surface area contributed by atoms with Crippen molar-refractivity contribution >= 4 is 28.5 Å². The Morgan fingerprint density at radius 2 is 1.85 bits per heavy atom. The van der Waals surface area contributed by atoms with Crippen LogP contribution in [0.1, 0.15) is 33.3 Å². The third-order valence-corrected chi connectivity index (χ3v) is 6.14. The number of ether oxygens (including phenoxy) is 2. The molecular weight excluding hydrogens is 446 g/mol. The van der Waals surface area contributed by atoms with Gasteiger partial charge in [-0.15, -0.1) is 0 Å². The lowest BCUT2D eigenvalue weighted by atomic mass is 9.98. The highest BCUT2D eigenvalue weighted by atomic mass is 35.5. The number of nitrogens with zero attached hydrogens (tertiary/aromatic N) is 1. The van der Waals surface area contributed by atoms with E-state index in [1.807, 2.05) is 12.1 Å². The molecule has 1 N–H and O–H groups in total. The van der Waals surface area contributed by atoms with Crippen molar-refractivity contribution in [2.75, 3.05) is 6.79 Å². The summed E-state index contributed by atoms with van der Waals surface area (Å²) in [7, 11) is 0. The molecule has 0 bridgehead atoms. The van der Waals surface area contributed by atoms with E-state index in [0.717, 1.165) is 5.56 Å². The van der Waals surface area contributed by atoms with Gasteiger partial charge in [0.15, 0.2) is 16.9 Å². The fourth-order valence-corrected chi connectivity index (χ4v) is 4.61. The number of carbonyl (C=O) groups excluding carboxylic acids is 1. The van der Waals surface area contributed by atoms with Crippen molar-refractivity contribution < 1.29 is 23.8 Å². The van der Waals surface area contributed by atoms with Crippen molar-refractivity contribution in [3.05, 3.63) is 98.4 Å². The third kappa shape index (κ3) is 3.12. The molecule has 0 fully saturated rings. The molecule has 164 valence electrons. The molecule has 0 saturated carbocycles. The van der Waals surface area contributed by atoms with Crippen LogP contribution in [-0.4, -0.2) is 22.7 Å². The predicted octanol–water partition coefficient (Wildman–Crippen LogP) is 4.63. The van der Waals surface area contributed by atoms with E-state index in [0.29, 0.717) is 27.5 Å². The fraction of sp³-hybridized carbons (Fsp3) is 0.120. The zero-order chi connectivity index (χ0) is 22.7. The number of phenols is 1. The van der Waals surface area contributed by atoms with Gasteiger partial charge in [-0.3, -0.25) is 9.59 Å². The number of halogens is 1. The first-order valence-corrected chi connectivity index (χ1v) is 10.6. The number of benzene rings is 3. The smallest absolute Gasteiger partial charge is 0.291 e. The molecule has 0 radical (unpaired) electrons. The maximum absolute atomic E-state index is 13.5. The minimum Gasteiger partial charge on any atom is -0.508 e. The average molecular weight is 462 g/mol. The number of fused-ring (bicyclic) bond motifs is 3. The summed E-state index contributed by atoms with van der Waals surface area (Å²) < 4.78 is 16.8. The van der Waals surface area contributed by atoms with Crippen molar-refractivity contribution in [3.8, 4) is 17.2 Å². The van der Waals surface area contributed by atoms with Crippen molar-refractivity contribution in [3.63, 3.8) is 0 Å². The Morgan fingerprint density at radius 3 is 2.70 bits per heavy atom. The van der Waals surface area contributed by atoms with E-state index in [9.17, 15) is 14.7 Å². The molecule has 0 aliphatic carbocycles. The summed E-state index contributed by atoms with van der Waals surface area (Å²) in [6.45, 7) is 0.336. The van der Waals surface area contributed by atoms with Gasteiger partial charge in [0, 0.05) is 11.6 Å². The van der Waals surface area contributed by atoms with E-state index < -0.39 is 11.9 Å². The van der Waals surface area contributed by atoms with Gasteiger partial charge in [0.1, 0.15) is 11.3 Å². The highest BCUT2D eigenvalue weighted by molar-refractivity contribution is 6.31. The van der Waals surface area contributed by atoms with Gasteiger partial charge in [0.25, 0.3) is 5.91 Å². The Balaban J connectivity index is 1.53. The van der Waals surface area contributed by atoms with E-state index in [1.54, 1.807) is 41.3 Å². The molecule has 3 aromatic carbocycles. The van der Waals surface area contributed by atoms with Crippen LogP contribution >= 0.6 is 11.6 Å². The molecule has 0 saturated heterocycles. The Labute approximate surface area is 192 Å². The van der Waals surface area contributed by atoms with Crippen LogP contribution in [-0.2, 0) is 6.54 Å². The maximum atomic E-state index is 13.5. The normalized spacial score (nSPS) is 16.5. The molecule has 1 amide bonds. The zero-order valence-electron chi connectivity index (χ0n) is 17.1. The van der Waals surface area contributed by atoms with Gasteiger partial charge in [0.2, 0.25) is 12.6 Å². The summed E-state index contributed by atoms with van der Waals surface area (Å²) in [5.74, 6) is 0.845. The highest BCUT2D eigenvalue weighted by Gasteiger charge is 2.43. The number of rotatable bonds is 3. The minimum absolute atomic E-state index is 0.0103. The number of phenolic OH excluding ortho intramolecular Hbond substituents is 1. The largest absolute Gasteiger partial charge is 0.508 e. The monoisotopic (exact) mass is 461 g/mol. The number of carbonyl (C=O) groups is 1. The van der Waals surface area contributed by atoms with Crippen LogP contribution in [0.3, 0.4) is 0 Å². The van der Waals surface area contributed by atoms with Crippen LogP contribution in [0.15, 0.2) is 69.9 Å². The third-order valence-electron chi connectivity index (χ3n) is 5.90. The Kier molecular flexibility index (Phi) is 4.35. The van der Waals surface area contributed by atoms with Crippen LogP contribution in [0.4, 0.5) is 0 Å². The lowest BCUT2D eigenvalue weighted by Crippen LogP contribution is -2.29. The maximum Gasteiger partial charge on any atom is 0.291 e. The quantitative estimate of drug-likeness (QED) is 0.478. The minimum atomic E-state index is -0.746. The second kappa shape index (κ2) is 7.28. The number of aromatic hydroxyl groups is 1. The molecule has 2 aliphatic heterocycles. The summed E-state index contributed by atoms with van der Waals surface area (Å²) in [6, 6.07) is 15.9. The van der Waals surface area contributed by atoms with Crippen LogP contribution in [0, 0.1) is 0 Å². The summed E-state index contributed by atoms with van der Waals surface area (Å²) in [6.07, 6.45) is 0. The summed E-state index contributed by atoms with van der Waals surface area (Å²) in [5.41, 5.74) is 1.57. The highest BCUT2D eigenvalue weighted by Crippen LogP contribution is 2.41. The Hall–Kier alpha value is -3.97. The lowest BCUT2D eigenvalue weighted by Gasteiger charge is -2.25. The molecule has 0 unspecified atom stereocenters. The molecule has 0 spiro atoms. The van der Waals surface area contributed by atoms with Crippen molar-refractivity contribution in [1.29, 1.82) is 0 Å². The van der Waals surface area contributed by atoms with Crippen molar-refractivity contribution in [2.45, 2.75) is 12.6 Å². The van der Waals surface area contributed by atoms with Crippen LogP contribution in [0.25, 0.3) is 11.0 Å². The summed E-state index contributed by atoms with van der Waals surface area (Å²) in [5, 5.41) is 10.8. The van der Waals surface area contributed by atoms with E-state index in [4.69, 9.17) is 25.5 Å². The van der Waals surface area contributed by atoms with Gasteiger partial charge in [-0.2, -0.15) is 0 Å². The van der Waals surface area contributed by atoms with E-state index in [-0.39, 0.29) is 41.4 Å². The standard InChI is InChI=1S/C25H16ClNO6/c26-15-5-7-18-17(10-15)23(29)21-22(14-2-1-3-16(28)9-14)27(25(30)24(21)33-18)11-13-4-6-19-20(8-13)32-12-31-19/h1-10,22,28H,11-12H2/t22-/m1/s1. The van der Waals surface area contributed by atoms with Crippen LogP contribution in [0.5, 0.6) is 17.2 Å². The van der Waals surface area contributed by atoms with Gasteiger partial charge >= 0.3 is 0 Å². The van der Waals surface area contributed by atoms with Gasteiger partial charge in [-0.1, -0.05) is 29.8 Å². The Bertz CT molecular complexity index is 1510. The molecule has 8 heteroatoms. The summed E-state index contributed by atoms with van der Waals surface area (Å²) in [4.78, 5) is 28.6. The topological polar surface area (TPSA) is 89.2 Å². The second-order valence-corrected chi connectivity index (χ2v) is 8.37. The average Bonchev–Trinajstić information content (AvgIpc) is 3.37. The second-order valence-electron chi connectivity index (χ2n) is 7.93. The van der Waals surface area contributed by atoms with Gasteiger partial charge in [-0.25, -0.2) is 0 Å². The molecule has 1 atom stereocenters. The van der Waals surface area contributed by atoms with Gasteiger partial charge in [0.05, 0.1) is 17.0 Å². The first-order chi connectivity index (χ1) is 16.0. The predicted molar refractivity (Wildman–Crippen MR) is 120 cm³/mol. The molecule has 33 heavy (non-hydrogen) atoms. The fourth-order valence-electron chi connectivity index (χ4n) is 4.43. The molecule has 2 aliphatic rings. The first-order valence-electron chi connectivity index (χ1n) is 10.2. The SMILES string of the molecule is O=C1c2oc3ccc(Cl)cc3c(=O)c2[C@@H](c2cccc(O)c2)N1Cc1ccc2c(c1)OCO2. The lowest BCUT2D eigenvalue weighted by molar-refractivity contribution is 0.0714. The first kappa shape index (κ1) is 19.7. The van der Waals surface area contributed by atoms with E-state index >= 15 is 0 Å². The number of hydrogen-bond acceptors (Lipinski definition) is 6. The van der Waals surface area contributed by atoms with Gasteiger partial charge < -0.3 is 23.9 Å². The van der Waals surface area contributed by atoms with E-state index in [2.05, 4.69) is 0 Å². The Morgan fingerprint density at radius 1 is 1.00 bits per heavy atom. The van der Waals surface area contributed by atoms with Crippen LogP contribution < -0.4 is 14.9 Å². The number of hydrogen-bond donors (Lipinski definition) is 1. The van der Waals surface area contributed by atoms with Crippen molar-refractivity contribution in [2.24, 2.45) is 0 Å². The molecule has 6 rings (SSSR count). The zero-order valence-corrected chi connectivity index (χ0v) is 17.8. The van der Waals surface area contributed by atoms with Crippen LogP contribution in [0.2, 0.25) is 5.02 Å². The summed E-state index contributed by atoms with van der Waals surface area (Å²) >= 11 is 6.11. The van der Waals surface area contributed by atoms with Gasteiger partial charge in [-0.05, 0) is 53.6 Å². The molecule has 7 nitrogen and oxygen atoms in total. The molecule has 3 heterocycles. The number of amides is 1. The molecule has 1 aromatic heterocycles. The van der Waals surface area contributed by atoms with Crippen molar-refractivity contribution in [1.82, 2.24) is 4.90 Å². The van der Waals surface area contributed by atoms with E-state index in [1.165, 1.54) is 12.1 Å². The molecular formula is C25H16ClNO6. The molecule has 4 aromatic rings.